The van der Waals surface area contributed by atoms with E-state index in [0.717, 1.165) is 17.7 Å². The summed E-state index contributed by atoms with van der Waals surface area (Å²) in [5, 5.41) is 2.97. The normalized spacial score (nSPS) is 13.5. The Morgan fingerprint density at radius 3 is 2.04 bits per heavy atom. The molecule has 1 heterocycles. The molecule has 0 aliphatic carbocycles. The van der Waals surface area contributed by atoms with Crippen molar-refractivity contribution in [2.24, 2.45) is 0 Å². The Balaban J connectivity index is 0.00000169. The Kier molecular flexibility index (Phi) is 9.49. The summed E-state index contributed by atoms with van der Waals surface area (Å²) in [6.07, 6.45) is 3.02. The van der Waals surface area contributed by atoms with E-state index >= 15 is 0 Å². The molecule has 142 valence electrons. The molecule has 1 fully saturated rings. The number of hydrogen-bond donors (Lipinski definition) is 2. The van der Waals surface area contributed by atoms with Crippen molar-refractivity contribution in [3.05, 3.63) is 65.2 Å². The fourth-order valence-corrected chi connectivity index (χ4v) is 3.05. The molecule has 0 radical (unpaired) electrons. The van der Waals surface area contributed by atoms with Gasteiger partial charge in [0.15, 0.2) is 0 Å². The minimum atomic E-state index is 0. The Morgan fingerprint density at radius 1 is 0.885 bits per heavy atom. The van der Waals surface area contributed by atoms with Crippen LogP contribution in [0.5, 0.6) is 0 Å². The monoisotopic (exact) mass is 395 g/mol. The maximum atomic E-state index is 12.0. The second-order valence-electron chi connectivity index (χ2n) is 6.49. The van der Waals surface area contributed by atoms with Crippen molar-refractivity contribution in [2.45, 2.75) is 32.4 Å². The van der Waals surface area contributed by atoms with E-state index in [1.807, 2.05) is 24.3 Å². The molecule has 3 N–H and O–H groups in total. The lowest BCUT2D eigenvalue weighted by molar-refractivity contribution is -0.120. The van der Waals surface area contributed by atoms with Crippen LogP contribution in [-0.2, 0) is 24.3 Å². The number of carbonyl (C=O) groups excluding carboxylic acids is 1. The number of amides is 1. The van der Waals surface area contributed by atoms with Gasteiger partial charge in [-0.2, -0.15) is 0 Å². The summed E-state index contributed by atoms with van der Waals surface area (Å²) < 4.78 is 0. The van der Waals surface area contributed by atoms with Crippen LogP contribution in [0.15, 0.2) is 48.5 Å². The molecule has 0 unspecified atom stereocenters. The molecule has 2 aromatic carbocycles. The summed E-state index contributed by atoms with van der Waals surface area (Å²) >= 11 is 0. The van der Waals surface area contributed by atoms with Crippen LogP contribution >= 0.6 is 24.8 Å². The number of hydrogen-bond acceptors (Lipinski definition) is 3. The zero-order chi connectivity index (χ0) is 16.8. The van der Waals surface area contributed by atoms with Gasteiger partial charge in [0.05, 0.1) is 6.42 Å². The number of rotatable bonds is 6. The molecule has 1 aliphatic rings. The zero-order valence-corrected chi connectivity index (χ0v) is 16.5. The fourth-order valence-electron chi connectivity index (χ4n) is 3.05. The third kappa shape index (κ3) is 6.87. The standard InChI is InChI=1S/C20H25N3O.2ClH/c21-19-9-7-16(8-10-19)13-20(24)22-14-17-3-5-18(6-4-17)15-23-11-1-2-12-23;;/h3-10H,1-2,11-15,21H2,(H,22,24);2*1H. The summed E-state index contributed by atoms with van der Waals surface area (Å²) in [7, 11) is 0. The molecule has 6 heteroatoms. The molecule has 1 saturated heterocycles. The predicted octanol–water partition coefficient (Wildman–Crippen LogP) is 3.57. The highest BCUT2D eigenvalue weighted by Crippen LogP contribution is 2.13. The summed E-state index contributed by atoms with van der Waals surface area (Å²) in [6, 6.07) is 16.0. The van der Waals surface area contributed by atoms with Gasteiger partial charge in [-0.05, 0) is 54.8 Å². The molecule has 0 aromatic heterocycles. The Morgan fingerprint density at radius 2 is 1.42 bits per heavy atom. The molecule has 2 aromatic rings. The minimum absolute atomic E-state index is 0. The van der Waals surface area contributed by atoms with E-state index in [4.69, 9.17) is 5.73 Å². The van der Waals surface area contributed by atoms with E-state index in [9.17, 15) is 4.79 Å². The SMILES string of the molecule is Cl.Cl.Nc1ccc(CC(=O)NCc2ccc(CN3CCCC3)cc2)cc1. The van der Waals surface area contributed by atoms with Crippen LogP contribution in [0, 0.1) is 0 Å². The third-order valence-electron chi connectivity index (χ3n) is 4.46. The predicted molar refractivity (Wildman–Crippen MR) is 112 cm³/mol. The van der Waals surface area contributed by atoms with Crippen LogP contribution in [0.3, 0.4) is 0 Å². The Bertz CT molecular complexity index is 668. The van der Waals surface area contributed by atoms with Crippen molar-refractivity contribution in [1.29, 1.82) is 0 Å². The zero-order valence-electron chi connectivity index (χ0n) is 14.8. The first-order chi connectivity index (χ1) is 11.7. The second-order valence-corrected chi connectivity index (χ2v) is 6.49. The van der Waals surface area contributed by atoms with Crippen LogP contribution in [0.1, 0.15) is 29.5 Å². The molecule has 1 amide bonds. The van der Waals surface area contributed by atoms with E-state index in [2.05, 4.69) is 34.5 Å². The highest BCUT2D eigenvalue weighted by atomic mass is 35.5. The number of benzene rings is 2. The van der Waals surface area contributed by atoms with Gasteiger partial charge in [0, 0.05) is 18.8 Å². The number of carbonyl (C=O) groups is 1. The highest BCUT2D eigenvalue weighted by Gasteiger charge is 2.11. The summed E-state index contributed by atoms with van der Waals surface area (Å²) in [5.41, 5.74) is 9.81. The van der Waals surface area contributed by atoms with Crippen molar-refractivity contribution in [2.75, 3.05) is 18.8 Å². The van der Waals surface area contributed by atoms with E-state index < -0.39 is 0 Å². The van der Waals surface area contributed by atoms with Gasteiger partial charge < -0.3 is 11.1 Å². The number of nitrogens with zero attached hydrogens (tertiary/aromatic N) is 1. The van der Waals surface area contributed by atoms with Gasteiger partial charge >= 0.3 is 0 Å². The van der Waals surface area contributed by atoms with Crippen molar-refractivity contribution < 1.29 is 4.79 Å². The summed E-state index contributed by atoms with van der Waals surface area (Å²) in [5.74, 6) is 0.0286. The third-order valence-corrected chi connectivity index (χ3v) is 4.46. The molecule has 26 heavy (non-hydrogen) atoms. The number of likely N-dealkylation sites (tertiary alicyclic amines) is 1. The van der Waals surface area contributed by atoms with Crippen LogP contribution in [-0.4, -0.2) is 23.9 Å². The Labute approximate surface area is 168 Å². The van der Waals surface area contributed by atoms with Crippen LogP contribution in [0.25, 0.3) is 0 Å². The fraction of sp³-hybridized carbons (Fsp3) is 0.350. The maximum Gasteiger partial charge on any atom is 0.224 e. The quantitative estimate of drug-likeness (QED) is 0.734. The van der Waals surface area contributed by atoms with Crippen LogP contribution < -0.4 is 11.1 Å². The first-order valence-corrected chi connectivity index (χ1v) is 8.60. The molecular formula is C20H27Cl2N3O. The van der Waals surface area contributed by atoms with Crippen LogP contribution in [0.4, 0.5) is 5.69 Å². The van der Waals surface area contributed by atoms with Crippen LogP contribution in [0.2, 0.25) is 0 Å². The lowest BCUT2D eigenvalue weighted by atomic mass is 10.1. The minimum Gasteiger partial charge on any atom is -0.399 e. The number of nitrogen functional groups attached to an aromatic ring is 1. The van der Waals surface area contributed by atoms with Crippen molar-refractivity contribution >= 4 is 36.4 Å². The van der Waals surface area contributed by atoms with Gasteiger partial charge in [-0.1, -0.05) is 36.4 Å². The largest absolute Gasteiger partial charge is 0.399 e. The van der Waals surface area contributed by atoms with Gasteiger partial charge in [-0.25, -0.2) is 0 Å². The van der Waals surface area contributed by atoms with Crippen molar-refractivity contribution in [3.8, 4) is 0 Å². The first-order valence-electron chi connectivity index (χ1n) is 8.60. The molecule has 0 atom stereocenters. The molecular weight excluding hydrogens is 369 g/mol. The van der Waals surface area contributed by atoms with Gasteiger partial charge in [0.2, 0.25) is 5.91 Å². The van der Waals surface area contributed by atoms with Gasteiger partial charge in [0.25, 0.3) is 0 Å². The molecule has 0 saturated carbocycles. The van der Waals surface area contributed by atoms with Gasteiger partial charge in [-0.15, -0.1) is 24.8 Å². The van der Waals surface area contributed by atoms with Gasteiger partial charge in [0.1, 0.15) is 0 Å². The van der Waals surface area contributed by atoms with E-state index in [1.165, 1.54) is 31.5 Å². The second kappa shape index (κ2) is 11.1. The number of nitrogens with two attached hydrogens (primary N) is 1. The van der Waals surface area contributed by atoms with E-state index in [-0.39, 0.29) is 30.7 Å². The van der Waals surface area contributed by atoms with Gasteiger partial charge in [-0.3, -0.25) is 9.69 Å². The summed E-state index contributed by atoms with van der Waals surface area (Å²) in [6.45, 7) is 4.02. The molecule has 0 spiro atoms. The number of anilines is 1. The Hall–Kier alpha value is -1.75. The number of halogens is 2. The molecule has 4 nitrogen and oxygen atoms in total. The van der Waals surface area contributed by atoms with E-state index in [0.29, 0.717) is 18.7 Å². The smallest absolute Gasteiger partial charge is 0.224 e. The first kappa shape index (κ1) is 22.3. The molecule has 3 rings (SSSR count). The average Bonchev–Trinajstić information content (AvgIpc) is 3.09. The topological polar surface area (TPSA) is 58.4 Å². The van der Waals surface area contributed by atoms with Crippen molar-refractivity contribution in [3.63, 3.8) is 0 Å². The number of nitrogens with one attached hydrogen (secondary N) is 1. The van der Waals surface area contributed by atoms with E-state index in [1.54, 1.807) is 0 Å². The lowest BCUT2D eigenvalue weighted by Crippen LogP contribution is -2.24. The highest BCUT2D eigenvalue weighted by molar-refractivity contribution is 5.85. The van der Waals surface area contributed by atoms with Crippen molar-refractivity contribution in [1.82, 2.24) is 10.2 Å². The molecule has 0 bridgehead atoms. The average molecular weight is 396 g/mol. The summed E-state index contributed by atoms with van der Waals surface area (Å²) in [4.78, 5) is 14.5. The lowest BCUT2D eigenvalue weighted by Gasteiger charge is -2.14. The molecule has 1 aliphatic heterocycles. The maximum absolute atomic E-state index is 12.0.